The fourth-order valence-electron chi connectivity index (χ4n) is 5.13. The molecule has 0 spiro atoms. The van der Waals surface area contributed by atoms with Crippen LogP contribution in [0.3, 0.4) is 0 Å². The van der Waals surface area contributed by atoms with Gasteiger partial charge in [-0.15, -0.1) is 0 Å². The third-order valence-corrected chi connectivity index (χ3v) is 6.79. The van der Waals surface area contributed by atoms with Gasteiger partial charge in [0.2, 0.25) is 0 Å². The van der Waals surface area contributed by atoms with Crippen LogP contribution in [0.4, 0.5) is 13.2 Å². The number of fused-ring (bicyclic) bond motifs is 2. The lowest BCUT2D eigenvalue weighted by Crippen LogP contribution is -2.19. The first-order valence-electron chi connectivity index (χ1n) is 12.3. The van der Waals surface area contributed by atoms with Gasteiger partial charge >= 0.3 is 12.1 Å². The van der Waals surface area contributed by atoms with Gasteiger partial charge in [-0.05, 0) is 60.9 Å². The number of rotatable bonds is 11. The third-order valence-electron chi connectivity index (χ3n) is 6.79. The lowest BCUT2D eigenvalue weighted by Gasteiger charge is -2.19. The molecular weight excluding hydrogens is 475 g/mol. The second-order valence-corrected chi connectivity index (χ2v) is 9.07. The predicted molar refractivity (Wildman–Crippen MR) is 128 cm³/mol. The van der Waals surface area contributed by atoms with Crippen molar-refractivity contribution in [3.05, 3.63) is 52.7 Å². The Hall–Kier alpha value is -3.23. The lowest BCUT2D eigenvalue weighted by atomic mass is 9.85. The molecule has 1 aliphatic rings. The molecule has 0 saturated carbocycles. The molecular formula is C27H30F3NO5. The number of nitrogens with zero attached hydrogens (tertiary/aromatic N) is 1. The maximum Gasteiger partial charge on any atom is 0.437 e. The number of benzene rings is 2. The maximum absolute atomic E-state index is 13.2. The van der Waals surface area contributed by atoms with E-state index in [9.17, 15) is 23.1 Å². The Morgan fingerprint density at radius 2 is 1.92 bits per heavy atom. The van der Waals surface area contributed by atoms with Gasteiger partial charge in [-0.2, -0.15) is 13.2 Å². The summed E-state index contributed by atoms with van der Waals surface area (Å²) < 4.78 is 56.6. The normalized spacial score (nSPS) is 16.2. The molecule has 3 aromatic rings. The first kappa shape index (κ1) is 25.9. The van der Waals surface area contributed by atoms with Gasteiger partial charge in [0, 0.05) is 12.0 Å². The first-order valence-corrected chi connectivity index (χ1v) is 12.3. The summed E-state index contributed by atoms with van der Waals surface area (Å²) in [6.07, 6.45) is -0.647. The van der Waals surface area contributed by atoms with E-state index in [4.69, 9.17) is 14.0 Å². The van der Waals surface area contributed by atoms with Crippen LogP contribution in [0.1, 0.15) is 67.8 Å². The largest absolute Gasteiger partial charge is 0.493 e. The van der Waals surface area contributed by atoms with Crippen molar-refractivity contribution in [3.8, 4) is 11.5 Å². The van der Waals surface area contributed by atoms with E-state index in [0.29, 0.717) is 50.2 Å². The molecule has 1 aromatic heterocycles. The van der Waals surface area contributed by atoms with Crippen LogP contribution in [0.15, 0.2) is 34.9 Å². The molecule has 1 N–H and O–H groups in total. The highest BCUT2D eigenvalue weighted by molar-refractivity contribution is 5.85. The molecule has 2 aromatic carbocycles. The highest BCUT2D eigenvalue weighted by atomic mass is 19.4. The molecule has 2 atom stereocenters. The van der Waals surface area contributed by atoms with Gasteiger partial charge in [0.1, 0.15) is 11.5 Å². The van der Waals surface area contributed by atoms with Gasteiger partial charge in [0.05, 0.1) is 24.5 Å². The number of carbonyl (C=O) groups is 1. The Morgan fingerprint density at radius 1 is 1.17 bits per heavy atom. The van der Waals surface area contributed by atoms with Gasteiger partial charge in [-0.1, -0.05) is 37.6 Å². The fraction of sp³-hybridized carbons (Fsp3) is 0.481. The third kappa shape index (κ3) is 5.15. The summed E-state index contributed by atoms with van der Waals surface area (Å²) in [5.41, 5.74) is 1.79. The van der Waals surface area contributed by atoms with Crippen LogP contribution in [0.2, 0.25) is 0 Å². The highest BCUT2D eigenvalue weighted by Crippen LogP contribution is 2.43. The molecule has 2 unspecified atom stereocenters. The fourth-order valence-corrected chi connectivity index (χ4v) is 5.13. The summed E-state index contributed by atoms with van der Waals surface area (Å²) in [5, 5.41) is 12.7. The zero-order valence-corrected chi connectivity index (χ0v) is 20.4. The van der Waals surface area contributed by atoms with Crippen molar-refractivity contribution in [2.24, 2.45) is 5.92 Å². The molecule has 0 fully saturated rings. The molecule has 0 aliphatic heterocycles. The summed E-state index contributed by atoms with van der Waals surface area (Å²) in [6.45, 7) is 4.54. The molecule has 0 saturated heterocycles. The van der Waals surface area contributed by atoms with Crippen LogP contribution in [-0.2, 0) is 23.8 Å². The first-order chi connectivity index (χ1) is 17.3. The van der Waals surface area contributed by atoms with Crippen molar-refractivity contribution >= 4 is 16.9 Å². The minimum absolute atomic E-state index is 0.00441. The molecule has 4 rings (SSSR count). The van der Waals surface area contributed by atoms with Crippen LogP contribution >= 0.6 is 0 Å². The Kier molecular flexibility index (Phi) is 7.76. The predicted octanol–water partition coefficient (Wildman–Crippen LogP) is 6.79. The lowest BCUT2D eigenvalue weighted by molar-refractivity contribution is -0.143. The number of hydrogen-bond donors (Lipinski definition) is 1. The Bertz CT molecular complexity index is 1220. The minimum Gasteiger partial charge on any atom is -0.493 e. The summed E-state index contributed by atoms with van der Waals surface area (Å²) in [4.78, 5) is 11.7. The summed E-state index contributed by atoms with van der Waals surface area (Å²) in [5.74, 6) is 0.0809. The molecule has 1 aliphatic carbocycles. The van der Waals surface area contributed by atoms with Gasteiger partial charge in [-0.3, -0.25) is 4.79 Å². The van der Waals surface area contributed by atoms with E-state index in [1.807, 2.05) is 32.0 Å². The topological polar surface area (TPSA) is 81.8 Å². The minimum atomic E-state index is -4.59. The van der Waals surface area contributed by atoms with Crippen LogP contribution in [-0.4, -0.2) is 29.4 Å². The van der Waals surface area contributed by atoms with Crippen LogP contribution in [0, 0.1) is 5.92 Å². The van der Waals surface area contributed by atoms with E-state index in [2.05, 4.69) is 5.16 Å². The summed E-state index contributed by atoms with van der Waals surface area (Å²) in [6, 6.07) is 8.67. The van der Waals surface area contributed by atoms with Gasteiger partial charge < -0.3 is 19.1 Å². The Labute approximate surface area is 207 Å². The molecule has 0 amide bonds. The van der Waals surface area contributed by atoms with E-state index >= 15 is 0 Å². The number of carboxylic acid groups (broad SMARTS) is 1. The number of aliphatic carboxylic acids is 1. The Morgan fingerprint density at radius 3 is 2.58 bits per heavy atom. The second kappa shape index (κ2) is 10.8. The molecule has 1 heterocycles. The molecule has 0 bridgehead atoms. The monoisotopic (exact) mass is 505 g/mol. The SMILES string of the molecule is CCCc1c(OCCCOc2cccc3c2CCC3C(CC)C(=O)O)ccc2c(C(F)(F)F)noc12. The van der Waals surface area contributed by atoms with Crippen molar-refractivity contribution in [1.82, 2.24) is 5.16 Å². The number of halogens is 3. The Balaban J connectivity index is 1.39. The molecule has 9 heteroatoms. The van der Waals surface area contributed by atoms with Crippen molar-refractivity contribution < 1.29 is 37.1 Å². The maximum atomic E-state index is 13.2. The van der Waals surface area contributed by atoms with Crippen LogP contribution in [0.5, 0.6) is 11.5 Å². The molecule has 36 heavy (non-hydrogen) atoms. The standard InChI is InChI=1S/C27H30F3NO5/c1-3-7-20-23(13-12-21-24(20)36-31-25(21)27(28,29)30)35-15-6-14-34-22-9-5-8-17-18(10-11-19(17)22)16(4-2)26(32)33/h5,8-9,12-13,16,18H,3-4,6-7,10-11,14-15H2,1-2H3,(H,32,33). The molecule has 0 radical (unpaired) electrons. The quantitative estimate of drug-likeness (QED) is 0.289. The zero-order valence-electron chi connectivity index (χ0n) is 20.4. The molecule has 194 valence electrons. The number of aromatic nitrogens is 1. The number of hydrogen-bond acceptors (Lipinski definition) is 5. The van der Waals surface area contributed by atoms with Gasteiger partial charge in [0.15, 0.2) is 11.3 Å². The van der Waals surface area contributed by atoms with Gasteiger partial charge in [0.25, 0.3) is 0 Å². The van der Waals surface area contributed by atoms with E-state index in [1.54, 1.807) is 0 Å². The van der Waals surface area contributed by atoms with E-state index in [-0.39, 0.29) is 16.9 Å². The summed E-state index contributed by atoms with van der Waals surface area (Å²) >= 11 is 0. The van der Waals surface area contributed by atoms with E-state index < -0.39 is 23.8 Å². The van der Waals surface area contributed by atoms with Crippen molar-refractivity contribution in [3.63, 3.8) is 0 Å². The van der Waals surface area contributed by atoms with E-state index in [0.717, 1.165) is 29.7 Å². The van der Waals surface area contributed by atoms with E-state index in [1.165, 1.54) is 12.1 Å². The highest BCUT2D eigenvalue weighted by Gasteiger charge is 2.38. The number of carboxylic acids is 1. The molecule has 6 nitrogen and oxygen atoms in total. The van der Waals surface area contributed by atoms with Crippen molar-refractivity contribution in [2.75, 3.05) is 13.2 Å². The zero-order chi connectivity index (χ0) is 25.9. The number of aryl methyl sites for hydroxylation is 1. The van der Waals surface area contributed by atoms with Crippen molar-refractivity contribution in [1.29, 1.82) is 0 Å². The van der Waals surface area contributed by atoms with Crippen LogP contribution < -0.4 is 9.47 Å². The number of ether oxygens (including phenoxy) is 2. The number of alkyl halides is 3. The smallest absolute Gasteiger partial charge is 0.437 e. The van der Waals surface area contributed by atoms with Crippen LogP contribution in [0.25, 0.3) is 11.0 Å². The average molecular weight is 506 g/mol. The average Bonchev–Trinajstić information content (AvgIpc) is 3.46. The second-order valence-electron chi connectivity index (χ2n) is 9.07. The van der Waals surface area contributed by atoms with Gasteiger partial charge in [-0.25, -0.2) is 0 Å². The summed E-state index contributed by atoms with van der Waals surface area (Å²) in [7, 11) is 0. The van der Waals surface area contributed by atoms with Crippen molar-refractivity contribution in [2.45, 2.75) is 64.5 Å².